The number of aryl methyl sites for hydroxylation is 3. The van der Waals surface area contributed by atoms with Crippen LogP contribution < -0.4 is 15.4 Å². The molecule has 0 spiro atoms. The van der Waals surface area contributed by atoms with Crippen molar-refractivity contribution in [3.05, 3.63) is 68.7 Å². The first-order chi connectivity index (χ1) is 14.8. The quantitative estimate of drug-likeness (QED) is 0.459. The molecule has 3 rings (SSSR count). The Bertz CT molecular complexity index is 1090. The minimum absolute atomic E-state index is 0.121. The van der Waals surface area contributed by atoms with E-state index < -0.39 is 0 Å². The molecule has 0 aliphatic heterocycles. The molecule has 7 nitrogen and oxygen atoms in total. The average molecular weight is 438 g/mol. The van der Waals surface area contributed by atoms with Crippen LogP contribution in [0, 0.1) is 26.2 Å². The number of anilines is 1. The van der Waals surface area contributed by atoms with E-state index in [1.807, 2.05) is 57.3 Å². The number of carbonyl (C=O) groups is 1. The third kappa shape index (κ3) is 5.46. The Hall–Kier alpha value is -3.26. The number of thiazole rings is 1. The molecule has 0 aliphatic carbocycles. The van der Waals surface area contributed by atoms with Crippen LogP contribution in [0.5, 0.6) is 5.88 Å². The van der Waals surface area contributed by atoms with E-state index in [4.69, 9.17) is 10.1 Å². The Balaban J connectivity index is 1.68. The predicted molar refractivity (Wildman–Crippen MR) is 125 cm³/mol. The number of nitrogens with zero attached hydrogens (tertiary/aromatic N) is 2. The van der Waals surface area contributed by atoms with E-state index in [9.17, 15) is 4.79 Å². The zero-order valence-electron chi connectivity index (χ0n) is 18.4. The first-order valence-electron chi connectivity index (χ1n) is 9.98. The number of carbonyl (C=O) groups excluding carboxylic acids is 1. The van der Waals surface area contributed by atoms with Crippen molar-refractivity contribution < 1.29 is 9.53 Å². The summed E-state index contributed by atoms with van der Waals surface area (Å²) < 4.78 is 5.64. The van der Waals surface area contributed by atoms with Gasteiger partial charge in [0.25, 0.3) is 5.91 Å². The summed E-state index contributed by atoms with van der Waals surface area (Å²) in [6, 6.07) is 9.66. The zero-order valence-corrected chi connectivity index (χ0v) is 19.2. The second kappa shape index (κ2) is 9.70. The first kappa shape index (κ1) is 22.4. The molecule has 1 atom stereocenters. The predicted octanol–water partition coefficient (Wildman–Crippen LogP) is 4.18. The van der Waals surface area contributed by atoms with Crippen molar-refractivity contribution in [2.24, 2.45) is 0 Å². The molecule has 0 saturated carbocycles. The van der Waals surface area contributed by atoms with Gasteiger partial charge in [-0.15, -0.1) is 11.3 Å². The topological polar surface area (TPSA) is 100.0 Å². The van der Waals surface area contributed by atoms with Gasteiger partial charge in [-0.3, -0.25) is 10.2 Å². The highest BCUT2D eigenvalue weighted by atomic mass is 32.1. The lowest BCUT2D eigenvalue weighted by Crippen LogP contribution is -2.31. The first-order valence-corrected chi connectivity index (χ1v) is 10.9. The smallest absolute Gasteiger partial charge is 0.258 e. The van der Waals surface area contributed by atoms with Crippen LogP contribution in [0.2, 0.25) is 0 Å². The Labute approximate surface area is 186 Å². The lowest BCUT2D eigenvalue weighted by molar-refractivity contribution is -0.123. The second-order valence-corrected chi connectivity index (χ2v) is 8.27. The minimum atomic E-state index is -0.228. The molecular weight excluding hydrogens is 410 g/mol. The second-order valence-electron chi connectivity index (χ2n) is 7.41. The van der Waals surface area contributed by atoms with Gasteiger partial charge in [-0.1, -0.05) is 29.8 Å². The maximum absolute atomic E-state index is 12.3. The molecular formula is C23H27N5O2S. The Morgan fingerprint density at radius 2 is 1.90 bits per heavy atom. The van der Waals surface area contributed by atoms with E-state index in [1.165, 1.54) is 16.9 Å². The van der Waals surface area contributed by atoms with Crippen LogP contribution in [-0.2, 0) is 4.79 Å². The van der Waals surface area contributed by atoms with Gasteiger partial charge < -0.3 is 15.4 Å². The Kier molecular flexibility index (Phi) is 7.02. The van der Waals surface area contributed by atoms with Gasteiger partial charge in [0, 0.05) is 29.8 Å². The normalized spacial score (nSPS) is 11.6. The summed E-state index contributed by atoms with van der Waals surface area (Å²) >= 11 is 1.43. The standard InChI is InChI=1S/C23H27N5O2S/c1-13-6-8-17(9-7-13)16(4)27-18(29)11-30-19-10-14(2)20(22(25-5)28-19)21(24)23-26-15(3)12-31-23/h6-10,12,16,24H,11H2,1-5H3,(H,25,28)(H,27,29). The van der Waals surface area contributed by atoms with Crippen LogP contribution in [-0.4, -0.2) is 35.2 Å². The molecule has 3 N–H and O–H groups in total. The molecule has 2 heterocycles. The largest absolute Gasteiger partial charge is 0.468 e. The van der Waals surface area contributed by atoms with Crippen LogP contribution in [0.4, 0.5) is 5.82 Å². The zero-order chi connectivity index (χ0) is 22.5. The monoisotopic (exact) mass is 437 g/mol. The van der Waals surface area contributed by atoms with Crippen LogP contribution in [0.15, 0.2) is 35.7 Å². The van der Waals surface area contributed by atoms with Gasteiger partial charge in [0.15, 0.2) is 6.61 Å². The van der Waals surface area contributed by atoms with Crippen LogP contribution in [0.3, 0.4) is 0 Å². The molecule has 0 radical (unpaired) electrons. The fourth-order valence-corrected chi connectivity index (χ4v) is 3.90. The minimum Gasteiger partial charge on any atom is -0.468 e. The summed E-state index contributed by atoms with van der Waals surface area (Å²) in [4.78, 5) is 21.2. The fraction of sp³-hybridized carbons (Fsp3) is 0.304. The SMILES string of the molecule is CNc1nc(OCC(=O)NC(C)c2ccc(C)cc2)cc(C)c1C(=N)c1nc(C)cs1. The van der Waals surface area contributed by atoms with Gasteiger partial charge in [0.1, 0.15) is 16.5 Å². The lowest BCUT2D eigenvalue weighted by atomic mass is 10.1. The van der Waals surface area contributed by atoms with Crippen molar-refractivity contribution in [2.45, 2.75) is 33.7 Å². The molecule has 0 saturated heterocycles. The highest BCUT2D eigenvalue weighted by Gasteiger charge is 2.19. The molecule has 31 heavy (non-hydrogen) atoms. The van der Waals surface area contributed by atoms with E-state index in [0.29, 0.717) is 28.0 Å². The van der Waals surface area contributed by atoms with Crippen molar-refractivity contribution >= 4 is 28.8 Å². The number of ether oxygens (including phenoxy) is 1. The third-order valence-electron chi connectivity index (χ3n) is 4.82. The molecule has 1 unspecified atom stereocenters. The van der Waals surface area contributed by atoms with Crippen LogP contribution in [0.1, 0.15) is 45.9 Å². The van der Waals surface area contributed by atoms with Gasteiger partial charge in [0.2, 0.25) is 5.88 Å². The molecule has 1 aromatic carbocycles. The van der Waals surface area contributed by atoms with Crippen LogP contribution >= 0.6 is 11.3 Å². The van der Waals surface area contributed by atoms with Crippen molar-refractivity contribution in [3.8, 4) is 5.88 Å². The van der Waals surface area contributed by atoms with Crippen molar-refractivity contribution in [1.82, 2.24) is 15.3 Å². The highest BCUT2D eigenvalue weighted by Crippen LogP contribution is 2.26. The maximum atomic E-state index is 12.3. The number of amides is 1. The van der Waals surface area contributed by atoms with Gasteiger partial charge >= 0.3 is 0 Å². The van der Waals surface area contributed by atoms with Crippen molar-refractivity contribution in [3.63, 3.8) is 0 Å². The van der Waals surface area contributed by atoms with E-state index in [0.717, 1.165) is 16.8 Å². The molecule has 8 heteroatoms. The van der Waals surface area contributed by atoms with Crippen LogP contribution in [0.25, 0.3) is 0 Å². The van der Waals surface area contributed by atoms with Crippen molar-refractivity contribution in [2.75, 3.05) is 19.0 Å². The van der Waals surface area contributed by atoms with Gasteiger partial charge in [0.05, 0.1) is 6.04 Å². The fourth-order valence-electron chi connectivity index (χ4n) is 3.15. The lowest BCUT2D eigenvalue weighted by Gasteiger charge is -2.16. The summed E-state index contributed by atoms with van der Waals surface area (Å²) in [5.41, 5.74) is 4.89. The van der Waals surface area contributed by atoms with E-state index in [2.05, 4.69) is 20.6 Å². The number of benzene rings is 1. The number of pyridine rings is 1. The molecule has 2 aromatic heterocycles. The number of hydrogen-bond acceptors (Lipinski definition) is 7. The van der Waals surface area contributed by atoms with E-state index in [1.54, 1.807) is 13.1 Å². The maximum Gasteiger partial charge on any atom is 0.258 e. The summed E-state index contributed by atoms with van der Waals surface area (Å²) in [5, 5.41) is 17.1. The molecule has 0 fully saturated rings. The molecule has 0 bridgehead atoms. The highest BCUT2D eigenvalue weighted by molar-refractivity contribution is 7.12. The van der Waals surface area contributed by atoms with E-state index in [-0.39, 0.29) is 18.6 Å². The molecule has 1 amide bonds. The van der Waals surface area contributed by atoms with Gasteiger partial charge in [-0.25, -0.2) is 4.98 Å². The molecule has 0 aliphatic rings. The Morgan fingerprint density at radius 1 is 1.19 bits per heavy atom. The van der Waals surface area contributed by atoms with Crippen molar-refractivity contribution in [1.29, 1.82) is 5.41 Å². The molecule has 3 aromatic rings. The number of aromatic nitrogens is 2. The number of hydrogen-bond donors (Lipinski definition) is 3. The summed E-state index contributed by atoms with van der Waals surface area (Å²) in [7, 11) is 1.74. The van der Waals surface area contributed by atoms with Gasteiger partial charge in [-0.05, 0) is 38.8 Å². The summed E-state index contributed by atoms with van der Waals surface area (Å²) in [5.74, 6) is 0.613. The third-order valence-corrected chi connectivity index (χ3v) is 5.80. The Morgan fingerprint density at radius 3 is 2.52 bits per heavy atom. The van der Waals surface area contributed by atoms with Gasteiger partial charge in [-0.2, -0.15) is 4.98 Å². The number of nitrogens with one attached hydrogen (secondary N) is 3. The summed E-state index contributed by atoms with van der Waals surface area (Å²) in [6.45, 7) is 7.61. The average Bonchev–Trinajstić information content (AvgIpc) is 3.18. The van der Waals surface area contributed by atoms with E-state index >= 15 is 0 Å². The summed E-state index contributed by atoms with van der Waals surface area (Å²) in [6.07, 6.45) is 0. The number of rotatable bonds is 8. The molecule has 162 valence electrons.